The van der Waals surface area contributed by atoms with Gasteiger partial charge in [-0.25, -0.2) is 4.85 Å². The van der Waals surface area contributed by atoms with E-state index in [-0.39, 0.29) is 50.6 Å². The Bertz CT molecular complexity index is 4930. The lowest BCUT2D eigenvalue weighted by molar-refractivity contribution is 1.04. The molecule has 0 saturated heterocycles. The van der Waals surface area contributed by atoms with Crippen LogP contribution in [-0.2, 0) is 0 Å². The Kier molecular flexibility index (Phi) is 6.47. The fourth-order valence-electron chi connectivity index (χ4n) is 11.3. The molecule has 0 fully saturated rings. The van der Waals surface area contributed by atoms with E-state index in [9.17, 15) is 11.8 Å². The highest BCUT2D eigenvalue weighted by Crippen LogP contribution is 2.52. The number of benzene rings is 9. The zero-order valence-electron chi connectivity index (χ0n) is 50.5. The molecule has 0 amide bonds. The average Bonchev–Trinajstić information content (AvgIpc) is 2.26. The smallest absolute Gasteiger partial charge is 0.238 e. The van der Waals surface area contributed by atoms with Gasteiger partial charge in [0.05, 0.1) is 73.5 Å². The SMILES string of the molecule is [2H]C([2H])([2H])c1ccc2c(c1)c1cc(C)ccc1n2-c1c(C#N)c(-n2c3ccc(C([2H])([2H])[2H])cc3c3cc(C([2H])([2H])[2H])ccc32)c(-n2c3ccc(C)cc3c3cc(C([2H])([2H])[2H])ccc32)c([N+]#[C-])c1-n1c2ccc(C)cc2c2cc(C)ccc21. The molecule has 13 aromatic rings. The Hall–Kier alpha value is -8.84. The van der Waals surface area contributed by atoms with E-state index in [1.165, 1.54) is 24.3 Å². The first-order valence-electron chi connectivity index (χ1n) is 29.0. The van der Waals surface area contributed by atoms with Crippen LogP contribution < -0.4 is 0 Å². The Morgan fingerprint density at radius 1 is 0.357 bits per heavy atom. The summed E-state index contributed by atoms with van der Waals surface area (Å²) in [6.45, 7) is 7.62. The van der Waals surface area contributed by atoms with Gasteiger partial charge in [-0.1, -0.05) is 93.0 Å². The minimum absolute atomic E-state index is 0.00591. The van der Waals surface area contributed by atoms with Gasteiger partial charge in [0, 0.05) is 59.5 Å². The molecule has 0 N–H and O–H groups in total. The number of hydrogen-bond acceptors (Lipinski definition) is 1. The number of fused-ring (bicyclic) bond motifs is 12. The number of rotatable bonds is 4. The topological polar surface area (TPSA) is 47.9 Å². The average molecular weight is 913 g/mol. The maximum Gasteiger partial charge on any atom is 0.238 e. The Balaban J connectivity index is 1.37. The Morgan fingerprint density at radius 3 is 0.786 bits per heavy atom. The zero-order chi connectivity index (χ0) is 58.0. The number of hydrogen-bond donors (Lipinski definition) is 0. The summed E-state index contributed by atoms with van der Waals surface area (Å²) < 4.78 is 110. The first-order chi connectivity index (χ1) is 38.8. The quantitative estimate of drug-likeness (QED) is 0.162. The molecule has 6 nitrogen and oxygen atoms in total. The van der Waals surface area contributed by atoms with E-state index in [0.717, 1.165) is 33.0 Å². The van der Waals surface area contributed by atoms with Crippen molar-refractivity contribution >= 4 is 92.9 Å². The number of aromatic nitrogens is 4. The summed E-state index contributed by atoms with van der Waals surface area (Å²) >= 11 is 0. The summed E-state index contributed by atoms with van der Waals surface area (Å²) in [5.74, 6) is 0. The van der Waals surface area contributed by atoms with Crippen molar-refractivity contribution in [2.45, 2.75) is 55.1 Å². The second-order valence-corrected chi connectivity index (χ2v) is 18.7. The van der Waals surface area contributed by atoms with E-state index in [4.69, 9.17) is 16.4 Å². The van der Waals surface area contributed by atoms with Gasteiger partial charge in [-0.15, -0.1) is 0 Å². The van der Waals surface area contributed by atoms with E-state index in [2.05, 4.69) is 23.0 Å². The normalized spacial score (nSPS) is 15.2. The van der Waals surface area contributed by atoms with Gasteiger partial charge in [0.1, 0.15) is 11.6 Å². The van der Waals surface area contributed by atoms with Gasteiger partial charge in [0.2, 0.25) is 5.69 Å². The summed E-state index contributed by atoms with van der Waals surface area (Å²) in [5.41, 5.74) is 9.38. The molecule has 0 radical (unpaired) electrons. The predicted molar refractivity (Wildman–Crippen MR) is 293 cm³/mol. The number of aryl methyl sites for hydroxylation is 8. The maximum atomic E-state index is 12.7. The Morgan fingerprint density at radius 2 is 0.571 bits per heavy atom. The summed E-state index contributed by atoms with van der Waals surface area (Å²) in [7, 11) is 0. The minimum atomic E-state index is -2.58. The summed E-state index contributed by atoms with van der Waals surface area (Å²) in [6, 6.07) is 45.8. The van der Waals surface area contributed by atoms with Gasteiger partial charge < -0.3 is 18.3 Å². The largest absolute Gasteiger partial charge is 0.317 e. The molecule has 9 aromatic carbocycles. The second kappa shape index (κ2) is 14.8. The molecule has 0 spiro atoms. The van der Waals surface area contributed by atoms with Gasteiger partial charge in [-0.05, 0) is 152 Å². The van der Waals surface area contributed by atoms with Gasteiger partial charge >= 0.3 is 0 Å². The summed E-state index contributed by atoms with van der Waals surface area (Å²) in [4.78, 5) is 4.67. The molecule has 334 valence electrons. The van der Waals surface area contributed by atoms with Crippen molar-refractivity contribution in [3.8, 4) is 28.8 Å². The highest BCUT2D eigenvalue weighted by molar-refractivity contribution is 6.17. The lowest BCUT2D eigenvalue weighted by Crippen LogP contribution is -2.14. The molecule has 0 aliphatic carbocycles. The molecule has 70 heavy (non-hydrogen) atoms. The Labute approximate surface area is 422 Å². The molecule has 0 atom stereocenters. The van der Waals surface area contributed by atoms with Crippen LogP contribution in [0.5, 0.6) is 0 Å². The third kappa shape index (κ3) is 5.71. The van der Waals surface area contributed by atoms with Crippen molar-refractivity contribution in [2.75, 3.05) is 0 Å². The fourth-order valence-corrected chi connectivity index (χ4v) is 11.3. The molecule has 4 heterocycles. The van der Waals surface area contributed by atoms with Crippen molar-refractivity contribution in [1.29, 1.82) is 5.26 Å². The van der Waals surface area contributed by atoms with Crippen LogP contribution >= 0.6 is 0 Å². The molecule has 0 aliphatic heterocycles. The second-order valence-electron chi connectivity index (χ2n) is 18.7. The standard InChI is InChI=1S/C64H48N6/c1-35-10-18-52-43(26-35)44-27-36(2)11-19-53(44)67(52)61-51(34-65)62(68-54-20-12-37(3)28-45(54)46-29-38(4)13-21-55(46)68)64(70-58-24-16-41(7)32-49(58)50-33-42(8)17-25-59(50)70)60(66-9)63(61)69-56-22-14-39(5)30-47(56)48-31-40(6)15-23-57(48)69/h10-33H,1-8H3/i1D3,2D3,3D3,5D3. The molecule has 6 heteroatoms. The highest BCUT2D eigenvalue weighted by Gasteiger charge is 2.34. The van der Waals surface area contributed by atoms with E-state index >= 15 is 0 Å². The summed E-state index contributed by atoms with van der Waals surface area (Å²) in [5, 5.41) is 17.7. The van der Waals surface area contributed by atoms with Crippen LogP contribution in [0.3, 0.4) is 0 Å². The third-order valence-electron chi connectivity index (χ3n) is 14.2. The van der Waals surface area contributed by atoms with Gasteiger partial charge in [0.25, 0.3) is 0 Å². The minimum Gasteiger partial charge on any atom is -0.317 e. The van der Waals surface area contributed by atoms with Gasteiger partial charge in [0.15, 0.2) is 0 Å². The van der Waals surface area contributed by atoms with Crippen molar-refractivity contribution in [3.63, 3.8) is 0 Å². The summed E-state index contributed by atoms with van der Waals surface area (Å²) in [6.07, 6.45) is 0. The lowest BCUT2D eigenvalue weighted by atomic mass is 10.0. The van der Waals surface area contributed by atoms with Gasteiger partial charge in [-0.3, -0.25) is 0 Å². The van der Waals surface area contributed by atoms with Crippen LogP contribution in [0.1, 0.15) is 66.5 Å². The van der Waals surface area contributed by atoms with Crippen LogP contribution in [0, 0.1) is 73.0 Å². The van der Waals surface area contributed by atoms with Crippen molar-refractivity contribution in [3.05, 3.63) is 207 Å². The van der Waals surface area contributed by atoms with E-state index < -0.39 is 27.4 Å². The molecule has 0 bridgehead atoms. The highest BCUT2D eigenvalue weighted by atomic mass is 15.1. The molecule has 0 unspecified atom stereocenters. The van der Waals surface area contributed by atoms with Crippen molar-refractivity contribution in [2.24, 2.45) is 0 Å². The molecular weight excluding hydrogens is 853 g/mol. The first kappa shape index (κ1) is 30.5. The number of nitrogens with zero attached hydrogens (tertiary/aromatic N) is 6. The van der Waals surface area contributed by atoms with Crippen LogP contribution in [0.2, 0.25) is 0 Å². The molecular formula is C64H48N6. The fraction of sp³-hybridized carbons (Fsp3) is 0.125. The third-order valence-corrected chi connectivity index (χ3v) is 14.2. The van der Waals surface area contributed by atoms with Crippen molar-refractivity contribution < 1.29 is 16.4 Å². The maximum absolute atomic E-state index is 12.7. The van der Waals surface area contributed by atoms with Crippen LogP contribution in [0.4, 0.5) is 5.69 Å². The van der Waals surface area contributed by atoms with Crippen LogP contribution in [-0.4, -0.2) is 18.3 Å². The van der Waals surface area contributed by atoms with E-state index in [1.807, 2.05) is 107 Å². The monoisotopic (exact) mass is 912 g/mol. The van der Waals surface area contributed by atoms with Crippen LogP contribution in [0.15, 0.2) is 146 Å². The zero-order valence-corrected chi connectivity index (χ0v) is 38.5. The van der Waals surface area contributed by atoms with E-state index in [1.54, 1.807) is 48.5 Å². The first-order valence-corrected chi connectivity index (χ1v) is 23.0. The van der Waals surface area contributed by atoms with Gasteiger partial charge in [-0.2, -0.15) is 5.26 Å². The lowest BCUT2D eigenvalue weighted by Gasteiger charge is -2.27. The molecule has 0 saturated carbocycles. The van der Waals surface area contributed by atoms with E-state index in [0.29, 0.717) is 82.1 Å². The van der Waals surface area contributed by atoms with Crippen molar-refractivity contribution in [1.82, 2.24) is 18.3 Å². The predicted octanol–water partition coefficient (Wildman–Crippen LogP) is 17.0. The molecule has 13 rings (SSSR count). The molecule has 4 aromatic heterocycles. The number of nitriles is 1. The van der Waals surface area contributed by atoms with Crippen LogP contribution in [0.25, 0.3) is 115 Å². The molecule has 0 aliphatic rings.